The molecule has 0 atom stereocenters. The summed E-state index contributed by atoms with van der Waals surface area (Å²) >= 11 is 0. The molecule has 0 aliphatic rings. The maximum Gasteiger partial charge on any atom is 0.139 e. The molecule has 0 saturated heterocycles. The van der Waals surface area contributed by atoms with Crippen LogP contribution in [-0.4, -0.2) is 29.1 Å². The van der Waals surface area contributed by atoms with Gasteiger partial charge in [0.15, 0.2) is 0 Å². The molecular formula is C25H35N3O2. The summed E-state index contributed by atoms with van der Waals surface area (Å²) in [4.78, 5) is 5.03. The average molecular weight is 410 g/mol. The summed E-state index contributed by atoms with van der Waals surface area (Å²) in [5.41, 5.74) is 5.08. The highest BCUT2D eigenvalue weighted by molar-refractivity contribution is 5.82. The van der Waals surface area contributed by atoms with E-state index in [0.29, 0.717) is 0 Å². The Bertz CT molecular complexity index is 1060. The van der Waals surface area contributed by atoms with Gasteiger partial charge in [0.05, 0.1) is 14.2 Å². The molecule has 2 aromatic heterocycles. The van der Waals surface area contributed by atoms with Crippen LogP contribution in [0.25, 0.3) is 16.9 Å². The van der Waals surface area contributed by atoms with E-state index in [4.69, 9.17) is 14.5 Å². The Morgan fingerprint density at radius 1 is 0.967 bits per heavy atom. The van der Waals surface area contributed by atoms with Crippen molar-refractivity contribution in [3.63, 3.8) is 0 Å². The Labute approximate surface area is 180 Å². The van der Waals surface area contributed by atoms with Gasteiger partial charge in [0, 0.05) is 16.8 Å². The minimum absolute atomic E-state index is 0.133. The van der Waals surface area contributed by atoms with Crippen molar-refractivity contribution in [3.05, 3.63) is 41.6 Å². The summed E-state index contributed by atoms with van der Waals surface area (Å²) in [5.74, 6) is 2.52. The first-order valence-corrected chi connectivity index (χ1v) is 10.4. The average Bonchev–Trinajstić information content (AvgIpc) is 2.96. The van der Waals surface area contributed by atoms with Gasteiger partial charge in [0.1, 0.15) is 28.7 Å². The molecule has 0 aliphatic carbocycles. The van der Waals surface area contributed by atoms with Crippen LogP contribution in [0.4, 0.5) is 5.82 Å². The fraction of sp³-hybridized carbons (Fsp3) is 0.480. The summed E-state index contributed by atoms with van der Waals surface area (Å²) in [7, 11) is 3.36. The Morgan fingerprint density at radius 2 is 1.67 bits per heavy atom. The second kappa shape index (κ2) is 7.86. The highest BCUT2D eigenvalue weighted by Gasteiger charge is 2.29. The first kappa shape index (κ1) is 22.0. The van der Waals surface area contributed by atoms with E-state index < -0.39 is 0 Å². The highest BCUT2D eigenvalue weighted by atomic mass is 16.5. The third-order valence-electron chi connectivity index (χ3n) is 5.14. The number of hydrogen-bond donors (Lipinski definition) is 1. The zero-order valence-electron chi connectivity index (χ0n) is 19.8. The summed E-state index contributed by atoms with van der Waals surface area (Å²) in [6.07, 6.45) is 1.01. The fourth-order valence-electron chi connectivity index (χ4n) is 4.52. The zero-order chi connectivity index (χ0) is 22.3. The smallest absolute Gasteiger partial charge is 0.139 e. The van der Waals surface area contributed by atoms with Crippen LogP contribution in [0.5, 0.6) is 11.5 Å². The molecular weight excluding hydrogens is 374 g/mol. The standard InChI is InChI=1S/C25H35N3O2/c1-16-12-17(2)28-21(13-16)26-22(19-14-18(29-8)10-11-20(19)30-9)23(28)27-25(6,7)15-24(3,4)5/h10-14,27H,15H2,1-9H3. The first-order valence-electron chi connectivity index (χ1n) is 10.4. The molecule has 0 radical (unpaired) electrons. The van der Waals surface area contributed by atoms with Gasteiger partial charge in [-0.25, -0.2) is 4.98 Å². The zero-order valence-corrected chi connectivity index (χ0v) is 19.8. The molecule has 30 heavy (non-hydrogen) atoms. The minimum atomic E-state index is -0.133. The molecule has 0 fully saturated rings. The first-order chi connectivity index (χ1) is 13.9. The molecule has 5 nitrogen and oxygen atoms in total. The van der Waals surface area contributed by atoms with E-state index in [9.17, 15) is 0 Å². The van der Waals surface area contributed by atoms with Gasteiger partial charge in [0.25, 0.3) is 0 Å². The Hall–Kier alpha value is -2.69. The van der Waals surface area contributed by atoms with E-state index in [1.54, 1.807) is 14.2 Å². The number of ether oxygens (including phenoxy) is 2. The second-order valence-electron chi connectivity index (χ2n) is 9.99. The molecule has 0 saturated carbocycles. The number of fused-ring (bicyclic) bond motifs is 1. The van der Waals surface area contributed by atoms with Gasteiger partial charge in [-0.2, -0.15) is 0 Å². The van der Waals surface area contributed by atoms with Crippen LogP contribution in [-0.2, 0) is 0 Å². The lowest BCUT2D eigenvalue weighted by Gasteiger charge is -2.34. The number of aryl methyl sites for hydroxylation is 2. The molecule has 3 aromatic rings. The highest BCUT2D eigenvalue weighted by Crippen LogP contribution is 2.40. The van der Waals surface area contributed by atoms with Crippen molar-refractivity contribution in [1.82, 2.24) is 9.38 Å². The number of aromatic nitrogens is 2. The molecule has 5 heteroatoms. The van der Waals surface area contributed by atoms with Gasteiger partial charge in [0.2, 0.25) is 0 Å². The monoisotopic (exact) mass is 409 g/mol. The van der Waals surface area contributed by atoms with E-state index in [-0.39, 0.29) is 11.0 Å². The van der Waals surface area contributed by atoms with Crippen molar-refractivity contribution in [2.75, 3.05) is 19.5 Å². The van der Waals surface area contributed by atoms with Gasteiger partial charge >= 0.3 is 0 Å². The van der Waals surface area contributed by atoms with E-state index in [1.807, 2.05) is 18.2 Å². The molecule has 0 bridgehead atoms. The topological polar surface area (TPSA) is 47.8 Å². The van der Waals surface area contributed by atoms with Gasteiger partial charge in [-0.1, -0.05) is 20.8 Å². The van der Waals surface area contributed by atoms with Crippen LogP contribution >= 0.6 is 0 Å². The van der Waals surface area contributed by atoms with Crippen LogP contribution in [0.15, 0.2) is 30.3 Å². The van der Waals surface area contributed by atoms with Crippen LogP contribution in [0, 0.1) is 19.3 Å². The lowest BCUT2D eigenvalue weighted by Crippen LogP contribution is -2.36. The molecule has 0 unspecified atom stereocenters. The second-order valence-corrected chi connectivity index (χ2v) is 9.99. The number of anilines is 1. The van der Waals surface area contributed by atoms with Crippen LogP contribution < -0.4 is 14.8 Å². The summed E-state index contributed by atoms with van der Waals surface area (Å²) in [5, 5.41) is 3.82. The summed E-state index contributed by atoms with van der Waals surface area (Å²) < 4.78 is 13.4. The lowest BCUT2D eigenvalue weighted by atomic mass is 9.82. The molecule has 3 rings (SSSR count). The number of imidazole rings is 1. The minimum Gasteiger partial charge on any atom is -0.497 e. The van der Waals surface area contributed by atoms with Crippen molar-refractivity contribution in [2.45, 2.75) is 60.4 Å². The van der Waals surface area contributed by atoms with Gasteiger partial charge in [-0.3, -0.25) is 4.40 Å². The molecule has 0 aliphatic heterocycles. The predicted molar refractivity (Wildman–Crippen MR) is 125 cm³/mol. The van der Waals surface area contributed by atoms with E-state index in [0.717, 1.165) is 46.3 Å². The van der Waals surface area contributed by atoms with E-state index in [2.05, 4.69) is 70.3 Å². The summed E-state index contributed by atoms with van der Waals surface area (Å²) in [6.45, 7) is 15.5. The van der Waals surface area contributed by atoms with Gasteiger partial charge < -0.3 is 14.8 Å². The Balaban J connectivity index is 2.27. The molecule has 1 aromatic carbocycles. The summed E-state index contributed by atoms with van der Waals surface area (Å²) in [6, 6.07) is 10.1. The number of benzene rings is 1. The fourth-order valence-corrected chi connectivity index (χ4v) is 4.52. The Kier molecular flexibility index (Phi) is 5.76. The van der Waals surface area contributed by atoms with E-state index in [1.165, 1.54) is 5.56 Å². The van der Waals surface area contributed by atoms with Crippen molar-refractivity contribution >= 4 is 11.5 Å². The Morgan fingerprint density at radius 3 is 2.27 bits per heavy atom. The van der Waals surface area contributed by atoms with Crippen LogP contribution in [0.2, 0.25) is 0 Å². The van der Waals surface area contributed by atoms with Gasteiger partial charge in [-0.15, -0.1) is 0 Å². The van der Waals surface area contributed by atoms with Crippen molar-refractivity contribution in [2.24, 2.45) is 5.41 Å². The number of rotatable bonds is 6. The largest absolute Gasteiger partial charge is 0.497 e. The van der Waals surface area contributed by atoms with Crippen molar-refractivity contribution in [1.29, 1.82) is 0 Å². The number of pyridine rings is 1. The SMILES string of the molecule is COc1ccc(OC)c(-c2nc3cc(C)cc(C)n3c2NC(C)(C)CC(C)(C)C)c1. The normalized spacial score (nSPS) is 12.3. The maximum absolute atomic E-state index is 5.68. The molecule has 0 amide bonds. The van der Waals surface area contributed by atoms with Crippen LogP contribution in [0.3, 0.4) is 0 Å². The third-order valence-corrected chi connectivity index (χ3v) is 5.14. The molecule has 1 N–H and O–H groups in total. The predicted octanol–water partition coefficient (Wildman–Crippen LogP) is 6.26. The van der Waals surface area contributed by atoms with Gasteiger partial charge in [-0.05, 0) is 75.4 Å². The third kappa shape index (κ3) is 4.55. The number of methoxy groups -OCH3 is 2. The number of nitrogens with zero attached hydrogens (tertiary/aromatic N) is 2. The lowest BCUT2D eigenvalue weighted by molar-refractivity contribution is 0.302. The van der Waals surface area contributed by atoms with Crippen molar-refractivity contribution < 1.29 is 9.47 Å². The maximum atomic E-state index is 5.68. The number of nitrogens with one attached hydrogen (secondary N) is 1. The molecule has 2 heterocycles. The quantitative estimate of drug-likeness (QED) is 0.522. The molecule has 162 valence electrons. The van der Waals surface area contributed by atoms with E-state index >= 15 is 0 Å². The number of hydrogen-bond acceptors (Lipinski definition) is 4. The van der Waals surface area contributed by atoms with Crippen molar-refractivity contribution in [3.8, 4) is 22.8 Å². The van der Waals surface area contributed by atoms with Crippen LogP contribution in [0.1, 0.15) is 52.3 Å². The molecule has 0 spiro atoms.